The van der Waals surface area contributed by atoms with E-state index < -0.39 is 27.9 Å². The highest BCUT2D eigenvalue weighted by molar-refractivity contribution is 7.91. The van der Waals surface area contributed by atoms with E-state index in [4.69, 9.17) is 21.4 Å². The maximum atomic E-state index is 12.8. The van der Waals surface area contributed by atoms with Gasteiger partial charge in [0.05, 0.1) is 16.3 Å². The van der Waals surface area contributed by atoms with E-state index in [1.54, 1.807) is 20.8 Å². The number of hydrogen-bond acceptors (Lipinski definition) is 5. The molecule has 1 heterocycles. The summed E-state index contributed by atoms with van der Waals surface area (Å²) in [5, 5.41) is 9.14. The first-order chi connectivity index (χ1) is 11.4. The smallest absolute Gasteiger partial charge is 0.425 e. The van der Waals surface area contributed by atoms with Crippen molar-refractivity contribution in [2.75, 3.05) is 17.4 Å². The number of benzene rings is 1. The number of rotatable bonds is 2. The van der Waals surface area contributed by atoms with Crippen LogP contribution in [0.25, 0.3) is 0 Å². The van der Waals surface area contributed by atoms with Gasteiger partial charge in [-0.2, -0.15) is 12.7 Å². The van der Waals surface area contributed by atoms with Gasteiger partial charge in [-0.05, 0) is 45.4 Å². The predicted octanol–water partition coefficient (Wildman–Crippen LogP) is 2.73. The molecule has 0 atom stereocenters. The van der Waals surface area contributed by atoms with Gasteiger partial charge in [0.1, 0.15) is 5.60 Å². The van der Waals surface area contributed by atoms with Crippen molar-refractivity contribution >= 4 is 39.6 Å². The van der Waals surface area contributed by atoms with Gasteiger partial charge in [-0.25, -0.2) is 9.59 Å². The van der Waals surface area contributed by atoms with E-state index >= 15 is 0 Å². The number of hydrogen-bond donors (Lipinski definition) is 1. The fourth-order valence-electron chi connectivity index (χ4n) is 2.30. The molecule has 0 radical (unpaired) electrons. The third-order valence-corrected chi connectivity index (χ3v) is 5.51. The van der Waals surface area contributed by atoms with Gasteiger partial charge < -0.3 is 9.84 Å². The first kappa shape index (κ1) is 19.3. The van der Waals surface area contributed by atoms with Crippen LogP contribution < -0.4 is 4.31 Å². The summed E-state index contributed by atoms with van der Waals surface area (Å²) < 4.78 is 32.3. The Balaban J connectivity index is 2.38. The molecule has 0 unspecified atom stereocenters. The minimum atomic E-state index is -4.19. The van der Waals surface area contributed by atoms with Gasteiger partial charge in [0.25, 0.3) is 0 Å². The van der Waals surface area contributed by atoms with Gasteiger partial charge in [-0.1, -0.05) is 11.6 Å². The molecule has 1 aromatic rings. The SMILES string of the molecule is CC(C)(C)OC(=O)N1CCCN(c2ccc(Cl)c(C(=O)O)c2)S1(=O)=O. The molecule has 1 N–H and O–H groups in total. The lowest BCUT2D eigenvalue weighted by atomic mass is 10.2. The van der Waals surface area contributed by atoms with Crippen molar-refractivity contribution in [2.24, 2.45) is 0 Å². The summed E-state index contributed by atoms with van der Waals surface area (Å²) >= 11 is 5.82. The molecule has 138 valence electrons. The van der Waals surface area contributed by atoms with Gasteiger partial charge >= 0.3 is 22.3 Å². The number of nitrogens with zero attached hydrogens (tertiary/aromatic N) is 2. The maximum absolute atomic E-state index is 12.8. The van der Waals surface area contributed by atoms with E-state index in [9.17, 15) is 18.0 Å². The van der Waals surface area contributed by atoms with Crippen LogP contribution in [0.1, 0.15) is 37.6 Å². The van der Waals surface area contributed by atoms with E-state index in [0.29, 0.717) is 10.7 Å². The lowest BCUT2D eigenvalue weighted by molar-refractivity contribution is 0.0384. The largest absolute Gasteiger partial charge is 0.478 e. The molecule has 0 spiro atoms. The van der Waals surface area contributed by atoms with Gasteiger partial charge in [0, 0.05) is 13.1 Å². The Morgan fingerprint density at radius 1 is 1.24 bits per heavy atom. The molecule has 0 aliphatic carbocycles. The zero-order valence-electron chi connectivity index (χ0n) is 14.0. The Labute approximate surface area is 151 Å². The van der Waals surface area contributed by atoms with Crippen molar-refractivity contribution in [3.05, 3.63) is 28.8 Å². The number of carbonyl (C=O) groups excluding carboxylic acids is 1. The third kappa shape index (κ3) is 4.16. The Hall–Kier alpha value is -2.00. The number of carboxylic acid groups (broad SMARTS) is 1. The summed E-state index contributed by atoms with van der Waals surface area (Å²) in [5.41, 5.74) is -0.940. The topological polar surface area (TPSA) is 104 Å². The van der Waals surface area contributed by atoms with Crippen molar-refractivity contribution in [3.8, 4) is 0 Å². The van der Waals surface area contributed by atoms with E-state index in [0.717, 1.165) is 4.31 Å². The fourth-order valence-corrected chi connectivity index (χ4v) is 4.06. The molecular formula is C15H19ClN2O6S. The average Bonchev–Trinajstić information content (AvgIpc) is 2.45. The van der Waals surface area contributed by atoms with Gasteiger partial charge in [-0.3, -0.25) is 4.31 Å². The second-order valence-electron chi connectivity index (χ2n) is 6.46. The van der Waals surface area contributed by atoms with Crippen LogP contribution in [-0.2, 0) is 14.9 Å². The molecule has 1 saturated heterocycles. The summed E-state index contributed by atoms with van der Waals surface area (Å²) in [5.74, 6) is -1.27. The standard InChI is InChI=1S/C15H19ClN2O6S/c1-15(2,3)24-14(21)18-8-4-7-17(25(18,22)23)10-5-6-12(16)11(9-10)13(19)20/h5-6,9H,4,7-8H2,1-3H3,(H,19,20). The number of aromatic carboxylic acids is 1. The molecule has 0 bridgehead atoms. The molecule has 10 heteroatoms. The Morgan fingerprint density at radius 3 is 2.44 bits per heavy atom. The fraction of sp³-hybridized carbons (Fsp3) is 0.467. The van der Waals surface area contributed by atoms with Crippen LogP contribution in [0.2, 0.25) is 5.02 Å². The van der Waals surface area contributed by atoms with Crippen molar-refractivity contribution in [1.82, 2.24) is 4.31 Å². The predicted molar refractivity (Wildman–Crippen MR) is 92.2 cm³/mol. The van der Waals surface area contributed by atoms with E-state index in [1.165, 1.54) is 18.2 Å². The quantitative estimate of drug-likeness (QED) is 0.832. The first-order valence-corrected chi connectivity index (χ1v) is 9.27. The minimum Gasteiger partial charge on any atom is -0.478 e. The van der Waals surface area contributed by atoms with Crippen molar-refractivity contribution in [3.63, 3.8) is 0 Å². The average molecular weight is 391 g/mol. The zero-order chi connectivity index (χ0) is 19.0. The van der Waals surface area contributed by atoms with E-state index in [-0.39, 0.29) is 29.4 Å². The van der Waals surface area contributed by atoms with Crippen LogP contribution in [0.15, 0.2) is 18.2 Å². The molecule has 8 nitrogen and oxygen atoms in total. The second-order valence-corrected chi connectivity index (χ2v) is 8.64. The van der Waals surface area contributed by atoms with Crippen LogP contribution in [0.4, 0.5) is 10.5 Å². The highest BCUT2D eigenvalue weighted by atomic mass is 35.5. The number of amides is 1. The monoisotopic (exact) mass is 390 g/mol. The van der Waals surface area contributed by atoms with Crippen LogP contribution >= 0.6 is 11.6 Å². The highest BCUT2D eigenvalue weighted by Crippen LogP contribution is 2.29. The molecule has 1 aromatic carbocycles. The number of halogens is 1. The Morgan fingerprint density at radius 2 is 1.88 bits per heavy atom. The first-order valence-electron chi connectivity index (χ1n) is 7.50. The lowest BCUT2D eigenvalue weighted by Crippen LogP contribution is -2.53. The highest BCUT2D eigenvalue weighted by Gasteiger charge is 2.39. The van der Waals surface area contributed by atoms with Crippen molar-refractivity contribution < 1.29 is 27.9 Å². The Bertz CT molecular complexity index is 803. The molecule has 1 amide bonds. The van der Waals surface area contributed by atoms with Gasteiger partial charge in [-0.15, -0.1) is 0 Å². The molecule has 1 fully saturated rings. The molecule has 1 aliphatic rings. The summed E-state index contributed by atoms with van der Waals surface area (Å²) in [4.78, 5) is 23.4. The summed E-state index contributed by atoms with van der Waals surface area (Å²) in [6, 6.07) is 3.87. The lowest BCUT2D eigenvalue weighted by Gasteiger charge is -2.36. The van der Waals surface area contributed by atoms with Gasteiger partial charge in [0.2, 0.25) is 0 Å². The summed E-state index contributed by atoms with van der Waals surface area (Å²) in [7, 11) is -4.19. The molecule has 1 aliphatic heterocycles. The molecule has 25 heavy (non-hydrogen) atoms. The molecule has 2 rings (SSSR count). The number of carboxylic acids is 1. The zero-order valence-corrected chi connectivity index (χ0v) is 15.6. The summed E-state index contributed by atoms with van der Waals surface area (Å²) in [6.45, 7) is 5.02. The van der Waals surface area contributed by atoms with Crippen LogP contribution in [0, 0.1) is 0 Å². The Kier molecular flexibility index (Phi) is 5.19. The van der Waals surface area contributed by atoms with E-state index in [2.05, 4.69) is 0 Å². The van der Waals surface area contributed by atoms with E-state index in [1.807, 2.05) is 0 Å². The number of carbonyl (C=O) groups is 2. The summed E-state index contributed by atoms with van der Waals surface area (Å²) in [6.07, 6.45) is -0.589. The second kappa shape index (κ2) is 6.72. The number of ether oxygens (including phenoxy) is 1. The third-order valence-electron chi connectivity index (χ3n) is 3.34. The maximum Gasteiger partial charge on any atom is 0.425 e. The normalized spacial score (nSPS) is 17.3. The van der Waals surface area contributed by atoms with Crippen molar-refractivity contribution in [2.45, 2.75) is 32.8 Å². The van der Waals surface area contributed by atoms with Crippen LogP contribution in [0.3, 0.4) is 0 Å². The molecular weight excluding hydrogens is 372 g/mol. The van der Waals surface area contributed by atoms with Crippen LogP contribution in [-0.4, -0.2) is 48.6 Å². The van der Waals surface area contributed by atoms with Gasteiger partial charge in [0.15, 0.2) is 0 Å². The number of anilines is 1. The molecule has 0 aromatic heterocycles. The van der Waals surface area contributed by atoms with Crippen molar-refractivity contribution in [1.29, 1.82) is 0 Å². The van der Waals surface area contributed by atoms with Crippen LogP contribution in [0.5, 0.6) is 0 Å². The minimum absolute atomic E-state index is 0.00495. The molecule has 0 saturated carbocycles.